The minimum Gasteiger partial charge on any atom is -0.376 e. The largest absolute Gasteiger partial charge is 0.376 e. The number of nitro benzene ring substituents is 1. The van der Waals surface area contributed by atoms with Gasteiger partial charge in [0.25, 0.3) is 5.69 Å². The summed E-state index contributed by atoms with van der Waals surface area (Å²) in [6, 6.07) is 3.53. The van der Waals surface area contributed by atoms with E-state index in [2.05, 4.69) is 0 Å². The van der Waals surface area contributed by atoms with E-state index in [-0.39, 0.29) is 18.2 Å². The van der Waals surface area contributed by atoms with E-state index in [4.69, 9.17) is 10.5 Å². The molecule has 1 aromatic rings. The minimum atomic E-state index is -0.625. The molecule has 1 heterocycles. The fraction of sp³-hybridized carbons (Fsp3) is 0.571. The van der Waals surface area contributed by atoms with Gasteiger partial charge in [-0.3, -0.25) is 10.1 Å². The summed E-state index contributed by atoms with van der Waals surface area (Å²) in [6.45, 7) is 0.570. The molecule has 0 radical (unpaired) electrons. The van der Waals surface area contributed by atoms with Crippen molar-refractivity contribution >= 4 is 5.69 Å². The molecule has 2 N–H and O–H groups in total. The van der Waals surface area contributed by atoms with Crippen molar-refractivity contribution in [3.8, 4) is 0 Å². The van der Waals surface area contributed by atoms with Crippen LogP contribution in [0.5, 0.6) is 0 Å². The maximum Gasteiger partial charge on any atom is 0.272 e. The van der Waals surface area contributed by atoms with Gasteiger partial charge in [-0.05, 0) is 43.7 Å². The van der Waals surface area contributed by atoms with Crippen LogP contribution in [0.2, 0.25) is 0 Å². The lowest BCUT2D eigenvalue weighted by molar-refractivity contribution is -0.385. The fourth-order valence-corrected chi connectivity index (χ4v) is 3.11. The Bertz CT molecular complexity index is 547. The standard InChI is InChI=1S/C14H17FN2O3/c15-11-3-4-12(17(18)19)10(7-11)8-14(16)5-6-20-13(14)9-1-2-9/h3-4,7,9,13H,1-2,5-6,8,16H2. The summed E-state index contributed by atoms with van der Waals surface area (Å²) < 4.78 is 19.1. The Hall–Kier alpha value is -1.53. The van der Waals surface area contributed by atoms with E-state index in [1.165, 1.54) is 12.1 Å². The van der Waals surface area contributed by atoms with Gasteiger partial charge in [-0.15, -0.1) is 0 Å². The van der Waals surface area contributed by atoms with Crippen molar-refractivity contribution in [1.29, 1.82) is 0 Å². The second-order valence-corrected chi connectivity index (χ2v) is 5.82. The molecule has 1 aliphatic heterocycles. The summed E-state index contributed by atoms with van der Waals surface area (Å²) in [5.74, 6) is -0.0220. The van der Waals surface area contributed by atoms with Crippen molar-refractivity contribution in [2.45, 2.75) is 37.3 Å². The lowest BCUT2D eigenvalue weighted by Crippen LogP contribution is -2.50. The summed E-state index contributed by atoms with van der Waals surface area (Å²) in [5.41, 5.74) is 6.08. The Morgan fingerprint density at radius 3 is 2.90 bits per heavy atom. The average molecular weight is 280 g/mol. The molecule has 1 aromatic carbocycles. The fourth-order valence-electron chi connectivity index (χ4n) is 3.11. The quantitative estimate of drug-likeness (QED) is 0.677. The third-order valence-electron chi connectivity index (χ3n) is 4.24. The van der Waals surface area contributed by atoms with Gasteiger partial charge in [-0.2, -0.15) is 0 Å². The molecule has 0 aromatic heterocycles. The van der Waals surface area contributed by atoms with Crippen molar-refractivity contribution in [2.75, 3.05) is 6.61 Å². The van der Waals surface area contributed by atoms with Crippen LogP contribution in [0.3, 0.4) is 0 Å². The summed E-state index contributed by atoms with van der Waals surface area (Å²) in [4.78, 5) is 10.6. The third-order valence-corrected chi connectivity index (χ3v) is 4.24. The highest BCUT2D eigenvalue weighted by molar-refractivity contribution is 5.42. The van der Waals surface area contributed by atoms with Crippen molar-refractivity contribution in [1.82, 2.24) is 0 Å². The van der Waals surface area contributed by atoms with Gasteiger partial charge in [0.1, 0.15) is 5.82 Å². The zero-order chi connectivity index (χ0) is 14.3. The highest BCUT2D eigenvalue weighted by atomic mass is 19.1. The van der Waals surface area contributed by atoms with E-state index in [1.54, 1.807) is 0 Å². The summed E-state index contributed by atoms with van der Waals surface area (Å²) >= 11 is 0. The van der Waals surface area contributed by atoms with Crippen molar-refractivity contribution in [3.05, 3.63) is 39.7 Å². The van der Waals surface area contributed by atoms with Crippen LogP contribution in [0.4, 0.5) is 10.1 Å². The van der Waals surface area contributed by atoms with Crippen LogP contribution in [-0.2, 0) is 11.2 Å². The van der Waals surface area contributed by atoms with Gasteiger partial charge in [-0.25, -0.2) is 4.39 Å². The molecule has 3 rings (SSSR count). The van der Waals surface area contributed by atoms with Crippen LogP contribution in [0.1, 0.15) is 24.8 Å². The molecule has 2 aliphatic rings. The second-order valence-electron chi connectivity index (χ2n) is 5.82. The van der Waals surface area contributed by atoms with Crippen LogP contribution < -0.4 is 5.73 Å². The zero-order valence-corrected chi connectivity index (χ0v) is 11.0. The van der Waals surface area contributed by atoms with E-state index in [0.717, 1.165) is 18.9 Å². The predicted molar refractivity (Wildman–Crippen MR) is 70.8 cm³/mol. The van der Waals surface area contributed by atoms with Crippen molar-refractivity contribution in [3.63, 3.8) is 0 Å². The second kappa shape index (κ2) is 4.79. The molecule has 2 fully saturated rings. The monoisotopic (exact) mass is 280 g/mol. The predicted octanol–water partition coefficient (Wildman–Crippen LogP) is 2.17. The van der Waals surface area contributed by atoms with Gasteiger partial charge < -0.3 is 10.5 Å². The summed E-state index contributed by atoms with van der Waals surface area (Å²) in [5, 5.41) is 11.0. The zero-order valence-electron chi connectivity index (χ0n) is 11.0. The van der Waals surface area contributed by atoms with Crippen LogP contribution in [0.15, 0.2) is 18.2 Å². The maximum atomic E-state index is 13.4. The molecule has 1 saturated heterocycles. The van der Waals surface area contributed by atoms with Crippen molar-refractivity contribution < 1.29 is 14.1 Å². The Kier molecular flexibility index (Phi) is 3.22. The van der Waals surface area contributed by atoms with Crippen LogP contribution in [-0.4, -0.2) is 23.2 Å². The molecule has 2 unspecified atom stereocenters. The van der Waals surface area contributed by atoms with E-state index in [1.807, 2.05) is 0 Å². The first-order chi connectivity index (χ1) is 9.49. The third kappa shape index (κ3) is 2.41. The van der Waals surface area contributed by atoms with E-state index in [0.29, 0.717) is 24.5 Å². The van der Waals surface area contributed by atoms with Crippen LogP contribution in [0.25, 0.3) is 0 Å². The van der Waals surface area contributed by atoms with E-state index < -0.39 is 16.3 Å². The number of nitrogens with two attached hydrogens (primary N) is 1. The number of rotatable bonds is 4. The van der Waals surface area contributed by atoms with Crippen LogP contribution in [0, 0.1) is 21.8 Å². The van der Waals surface area contributed by atoms with Crippen molar-refractivity contribution in [2.24, 2.45) is 11.7 Å². The number of benzene rings is 1. The van der Waals surface area contributed by atoms with E-state index >= 15 is 0 Å². The van der Waals surface area contributed by atoms with Gasteiger partial charge in [0.15, 0.2) is 0 Å². The summed E-state index contributed by atoms with van der Waals surface area (Å²) in [6.07, 6.45) is 3.05. The molecule has 20 heavy (non-hydrogen) atoms. The summed E-state index contributed by atoms with van der Waals surface area (Å²) in [7, 11) is 0. The minimum absolute atomic E-state index is 0.0645. The molecule has 108 valence electrons. The first-order valence-electron chi connectivity index (χ1n) is 6.83. The Morgan fingerprint density at radius 1 is 1.50 bits per heavy atom. The number of ether oxygens (including phenoxy) is 1. The van der Waals surface area contributed by atoms with Gasteiger partial charge in [0.2, 0.25) is 0 Å². The smallest absolute Gasteiger partial charge is 0.272 e. The molecule has 6 heteroatoms. The molecule has 5 nitrogen and oxygen atoms in total. The Morgan fingerprint density at radius 2 is 2.25 bits per heavy atom. The molecular formula is C14H17FN2O3. The lowest BCUT2D eigenvalue weighted by Gasteiger charge is -2.30. The number of hydrogen-bond acceptors (Lipinski definition) is 4. The first kappa shape index (κ1) is 13.5. The number of halogens is 1. The van der Waals surface area contributed by atoms with Gasteiger partial charge in [0, 0.05) is 23.8 Å². The van der Waals surface area contributed by atoms with Gasteiger partial charge in [0.05, 0.1) is 11.0 Å². The highest BCUT2D eigenvalue weighted by Gasteiger charge is 2.49. The highest BCUT2D eigenvalue weighted by Crippen LogP contribution is 2.44. The van der Waals surface area contributed by atoms with Gasteiger partial charge in [-0.1, -0.05) is 0 Å². The average Bonchev–Trinajstić information content (AvgIpc) is 3.13. The van der Waals surface area contributed by atoms with Crippen LogP contribution >= 0.6 is 0 Å². The molecule has 2 atom stereocenters. The molecule has 0 spiro atoms. The molecule has 0 bridgehead atoms. The lowest BCUT2D eigenvalue weighted by atomic mass is 9.83. The molecule has 1 aliphatic carbocycles. The van der Waals surface area contributed by atoms with E-state index in [9.17, 15) is 14.5 Å². The first-order valence-corrected chi connectivity index (χ1v) is 6.83. The number of hydrogen-bond donors (Lipinski definition) is 1. The molecule has 0 amide bonds. The Labute approximate surface area is 116 Å². The Balaban J connectivity index is 1.89. The van der Waals surface area contributed by atoms with Gasteiger partial charge >= 0.3 is 0 Å². The molecule has 1 saturated carbocycles. The number of nitro groups is 1. The molecular weight excluding hydrogens is 263 g/mol. The topological polar surface area (TPSA) is 78.4 Å². The maximum absolute atomic E-state index is 13.4. The normalized spacial score (nSPS) is 29.6. The SMILES string of the molecule is NC1(Cc2cc(F)ccc2[N+](=O)[O-])CCOC1C1CC1. The number of nitrogens with zero attached hydrogens (tertiary/aromatic N) is 1.